The molecule has 4 N–H and O–H groups in total. The highest BCUT2D eigenvalue weighted by Gasteiger charge is 2.53. The minimum atomic E-state index is -1.75. The van der Waals surface area contributed by atoms with Crippen LogP contribution in [-0.4, -0.2) is 40.9 Å². The largest absolute Gasteiger partial charge is 0.494 e. The molecular weight excluding hydrogens is 462 g/mol. The van der Waals surface area contributed by atoms with E-state index in [0.29, 0.717) is 29.2 Å². The summed E-state index contributed by atoms with van der Waals surface area (Å²) in [6, 6.07) is 13.5. The van der Waals surface area contributed by atoms with Gasteiger partial charge in [-0.1, -0.05) is 81.0 Å². The summed E-state index contributed by atoms with van der Waals surface area (Å²) in [5, 5.41) is 41.3. The van der Waals surface area contributed by atoms with Gasteiger partial charge in [0.1, 0.15) is 5.76 Å². The molecule has 184 valence electrons. The fraction of sp³-hybridized carbons (Fsp3) is 0.200. The first kappa shape index (κ1) is 24.0. The molecule has 7 heteroatoms. The third kappa shape index (κ3) is 3.57. The second kappa shape index (κ2) is 8.89. The van der Waals surface area contributed by atoms with Crippen LogP contribution in [0.5, 0.6) is 0 Å². The van der Waals surface area contributed by atoms with Crippen LogP contribution in [0.3, 0.4) is 0 Å². The van der Waals surface area contributed by atoms with Crippen molar-refractivity contribution in [1.82, 2.24) is 0 Å². The van der Waals surface area contributed by atoms with Gasteiger partial charge < -0.3 is 24.8 Å². The first-order chi connectivity index (χ1) is 17.8. The molecule has 37 heavy (non-hydrogen) atoms. The summed E-state index contributed by atoms with van der Waals surface area (Å²) in [6.45, 7) is 4.67. The first-order valence-electron chi connectivity index (χ1n) is 12.7. The Balaban J connectivity index is 1.61. The Bertz CT molecular complexity index is 1490. The molecule has 2 atom stereocenters. The lowest BCUT2D eigenvalue weighted by atomic mass is 9.52. The number of benzene rings is 2. The van der Waals surface area contributed by atoms with E-state index in [0.717, 1.165) is 51.0 Å². The van der Waals surface area contributed by atoms with Crippen LogP contribution in [-0.2, 0) is 4.74 Å². The Morgan fingerprint density at radius 1 is 0.865 bits per heavy atom. The van der Waals surface area contributed by atoms with Gasteiger partial charge in [0.25, 0.3) is 0 Å². The van der Waals surface area contributed by atoms with Crippen LogP contribution in [0.2, 0.25) is 0 Å². The Hall–Kier alpha value is -3.35. The van der Waals surface area contributed by atoms with Crippen molar-refractivity contribution in [3.05, 3.63) is 111 Å². The lowest BCUT2D eigenvalue weighted by Gasteiger charge is -2.42. The molecule has 0 bridgehead atoms. The van der Waals surface area contributed by atoms with Gasteiger partial charge in [-0.2, -0.15) is 0 Å². The fourth-order valence-corrected chi connectivity index (χ4v) is 5.92. The molecule has 0 saturated carbocycles. The number of ether oxygens (including phenoxy) is 1. The molecule has 5 nitrogen and oxygen atoms in total. The summed E-state index contributed by atoms with van der Waals surface area (Å²) in [6.07, 6.45) is 13.1. The molecular formula is C30H28B2O5. The second-order valence-electron chi connectivity index (χ2n) is 10.2. The van der Waals surface area contributed by atoms with Crippen molar-refractivity contribution in [2.75, 3.05) is 6.61 Å². The molecule has 1 spiro atoms. The Morgan fingerprint density at radius 3 is 2.35 bits per heavy atom. The zero-order valence-electron chi connectivity index (χ0n) is 20.8. The van der Waals surface area contributed by atoms with Crippen LogP contribution < -0.4 is 5.46 Å². The van der Waals surface area contributed by atoms with E-state index in [1.165, 1.54) is 0 Å². The number of rotatable bonds is 6. The number of allylic oxidation sites excluding steroid dienone is 9. The monoisotopic (exact) mass is 490 g/mol. The van der Waals surface area contributed by atoms with E-state index in [2.05, 4.69) is 38.1 Å². The van der Waals surface area contributed by atoms with Crippen LogP contribution in [0, 0.1) is 11.3 Å². The maximum Gasteiger partial charge on any atom is 0.489 e. The summed E-state index contributed by atoms with van der Waals surface area (Å²) in [7, 11) is -3.33. The molecule has 2 aromatic rings. The summed E-state index contributed by atoms with van der Waals surface area (Å²) >= 11 is 0. The van der Waals surface area contributed by atoms with Crippen LogP contribution >= 0.6 is 0 Å². The maximum absolute atomic E-state index is 10.9. The summed E-state index contributed by atoms with van der Waals surface area (Å²) < 4.78 is 6.34. The van der Waals surface area contributed by atoms with Crippen molar-refractivity contribution in [3.63, 3.8) is 0 Å². The van der Waals surface area contributed by atoms with Crippen LogP contribution in [0.4, 0.5) is 0 Å². The van der Waals surface area contributed by atoms with Gasteiger partial charge in [0, 0.05) is 5.47 Å². The van der Waals surface area contributed by atoms with Crippen molar-refractivity contribution < 1.29 is 24.8 Å². The van der Waals surface area contributed by atoms with E-state index in [1.807, 2.05) is 42.5 Å². The van der Waals surface area contributed by atoms with Gasteiger partial charge in [-0.15, -0.1) is 0 Å². The summed E-state index contributed by atoms with van der Waals surface area (Å²) in [4.78, 5) is 0. The van der Waals surface area contributed by atoms with Crippen LogP contribution in [0.25, 0.3) is 23.3 Å². The standard InChI is InChI=1S/C30H28B2O5/c1-3-18(2)17-37-28-16-25-23-11-10-21(31(33)34)13-20(23)15-27(25)30(29(28)32(35)36)12-6-9-24-22-8-5-4-7-19(22)14-26(24)30/h4-16,18,33-36H,3,17H2,1-2H3. The Kier molecular flexibility index (Phi) is 5.77. The van der Waals surface area contributed by atoms with Gasteiger partial charge in [0.15, 0.2) is 0 Å². The molecule has 0 radical (unpaired) electrons. The summed E-state index contributed by atoms with van der Waals surface area (Å²) in [5.41, 5.74) is 7.65. The molecule has 4 aliphatic rings. The zero-order chi connectivity index (χ0) is 25.9. The van der Waals surface area contributed by atoms with Crippen molar-refractivity contribution in [1.29, 1.82) is 0 Å². The van der Waals surface area contributed by atoms with Crippen molar-refractivity contribution >= 4 is 43.0 Å². The molecule has 6 rings (SSSR count). The summed E-state index contributed by atoms with van der Waals surface area (Å²) in [5.74, 6) is 0.761. The Labute approximate surface area is 217 Å². The second-order valence-corrected chi connectivity index (χ2v) is 10.2. The molecule has 4 aliphatic carbocycles. The molecule has 0 aromatic heterocycles. The van der Waals surface area contributed by atoms with Gasteiger partial charge in [-0.25, -0.2) is 0 Å². The van der Waals surface area contributed by atoms with E-state index >= 15 is 0 Å². The average Bonchev–Trinajstić information content (AvgIpc) is 3.46. The Morgan fingerprint density at radius 2 is 1.59 bits per heavy atom. The topological polar surface area (TPSA) is 90.2 Å². The number of hydrogen-bond donors (Lipinski definition) is 4. The minimum Gasteiger partial charge on any atom is -0.494 e. The van der Waals surface area contributed by atoms with Gasteiger partial charge in [-0.3, -0.25) is 0 Å². The van der Waals surface area contributed by atoms with Crippen molar-refractivity contribution in [2.24, 2.45) is 11.3 Å². The highest BCUT2D eigenvalue weighted by molar-refractivity contribution is 6.58. The molecule has 0 aliphatic heterocycles. The van der Waals surface area contributed by atoms with Gasteiger partial charge in [0.2, 0.25) is 0 Å². The molecule has 0 heterocycles. The predicted octanol–water partition coefficient (Wildman–Crippen LogP) is 3.53. The van der Waals surface area contributed by atoms with E-state index < -0.39 is 19.7 Å². The highest BCUT2D eigenvalue weighted by atomic mass is 16.5. The molecule has 0 saturated heterocycles. The lowest BCUT2D eigenvalue weighted by molar-refractivity contribution is 0.175. The van der Waals surface area contributed by atoms with Crippen molar-refractivity contribution in [2.45, 2.75) is 20.3 Å². The minimum absolute atomic E-state index is 0.299. The number of hydrogen-bond acceptors (Lipinski definition) is 5. The smallest absolute Gasteiger partial charge is 0.489 e. The zero-order valence-corrected chi connectivity index (χ0v) is 20.8. The quantitative estimate of drug-likeness (QED) is 0.466. The molecule has 2 unspecified atom stereocenters. The third-order valence-corrected chi connectivity index (χ3v) is 8.00. The number of fused-ring (bicyclic) bond motifs is 8. The van der Waals surface area contributed by atoms with Crippen LogP contribution in [0.1, 0.15) is 42.5 Å². The third-order valence-electron chi connectivity index (χ3n) is 8.00. The van der Waals surface area contributed by atoms with E-state index in [-0.39, 0.29) is 0 Å². The van der Waals surface area contributed by atoms with Gasteiger partial charge in [0.05, 0.1) is 12.0 Å². The molecule has 0 fully saturated rings. The highest BCUT2D eigenvalue weighted by Crippen LogP contribution is 2.62. The fourth-order valence-electron chi connectivity index (χ4n) is 5.92. The predicted molar refractivity (Wildman–Crippen MR) is 149 cm³/mol. The van der Waals surface area contributed by atoms with Gasteiger partial charge >= 0.3 is 14.2 Å². The van der Waals surface area contributed by atoms with Crippen LogP contribution in [0.15, 0.2) is 89.1 Å². The maximum atomic E-state index is 10.9. The molecule has 0 amide bonds. The van der Waals surface area contributed by atoms with E-state index in [1.54, 1.807) is 12.1 Å². The first-order valence-corrected chi connectivity index (χ1v) is 12.7. The normalized spacial score (nSPS) is 21.4. The molecule has 2 aromatic carbocycles. The van der Waals surface area contributed by atoms with E-state index in [9.17, 15) is 20.1 Å². The lowest BCUT2D eigenvalue weighted by Crippen LogP contribution is -2.39. The average molecular weight is 490 g/mol. The van der Waals surface area contributed by atoms with E-state index in [4.69, 9.17) is 4.74 Å². The van der Waals surface area contributed by atoms with Gasteiger partial charge in [-0.05, 0) is 74.2 Å². The SMILES string of the molecule is CCC(C)COC1=C(B(O)O)C2(C=CC=C3C2=Cc2ccccc23)C2=Cc3cc(B(O)O)ccc3C2=C1. The van der Waals surface area contributed by atoms with Crippen molar-refractivity contribution in [3.8, 4) is 0 Å².